The zero-order valence-electron chi connectivity index (χ0n) is 26.1. The predicted molar refractivity (Wildman–Crippen MR) is 177 cm³/mol. The first-order chi connectivity index (χ1) is 22.9. The molecule has 2 aromatic carbocycles. The normalized spacial score (nSPS) is 19.3. The standard InChI is InChI=1S/C33H36ClN7O6/c1-45-25-6-4-21(5-7-25)18-39-10-2-3-26-30(39)29-32(37-31(26)34)40(20-35-29)33(42)36-27-8-9-28(27)47-19-22-15-23(17-24(16-22)41(43)44)38-11-13-46-14-12-38/h4-7,15-17,20,27-28H,2-3,8-14,18-19H2,1H3,(H,36,42)/t27-,28-/m1/s1. The van der Waals surface area contributed by atoms with Crippen LogP contribution in [0.2, 0.25) is 5.15 Å². The minimum Gasteiger partial charge on any atom is -0.497 e. The Morgan fingerprint density at radius 3 is 2.66 bits per heavy atom. The third kappa shape index (κ3) is 6.42. The highest BCUT2D eigenvalue weighted by Gasteiger charge is 2.34. The molecule has 4 heterocycles. The number of carbonyl (C=O) groups excluding carboxylic acids is 1. The number of carbonyl (C=O) groups is 1. The second-order valence-electron chi connectivity index (χ2n) is 12.1. The Balaban J connectivity index is 1.05. The molecule has 14 heteroatoms. The average Bonchev–Trinajstić information content (AvgIpc) is 3.51. The van der Waals surface area contributed by atoms with Crippen molar-refractivity contribution in [2.45, 2.75) is 51.0 Å². The van der Waals surface area contributed by atoms with Crippen molar-refractivity contribution in [1.82, 2.24) is 19.9 Å². The van der Waals surface area contributed by atoms with E-state index in [-0.39, 0.29) is 35.4 Å². The lowest BCUT2D eigenvalue weighted by Crippen LogP contribution is -2.52. The van der Waals surface area contributed by atoms with Gasteiger partial charge in [-0.15, -0.1) is 0 Å². The van der Waals surface area contributed by atoms with Crippen LogP contribution in [0.5, 0.6) is 5.75 Å². The van der Waals surface area contributed by atoms with Crippen LogP contribution in [0, 0.1) is 10.1 Å². The molecule has 2 aliphatic heterocycles. The number of nitro groups is 1. The summed E-state index contributed by atoms with van der Waals surface area (Å²) in [6.45, 7) is 4.18. The van der Waals surface area contributed by atoms with Crippen molar-refractivity contribution >= 4 is 45.9 Å². The number of nitro benzene ring substituents is 1. The Labute approximate surface area is 276 Å². The van der Waals surface area contributed by atoms with Gasteiger partial charge < -0.3 is 29.3 Å². The maximum absolute atomic E-state index is 13.6. The number of nitrogens with zero attached hydrogens (tertiary/aromatic N) is 6. The molecule has 0 radical (unpaired) electrons. The van der Waals surface area contributed by atoms with Crippen molar-refractivity contribution in [3.63, 3.8) is 0 Å². The number of anilines is 2. The molecule has 0 bridgehead atoms. The number of amides is 1. The highest BCUT2D eigenvalue weighted by Crippen LogP contribution is 2.38. The monoisotopic (exact) mass is 661 g/mol. The van der Waals surface area contributed by atoms with E-state index in [0.717, 1.165) is 60.5 Å². The highest BCUT2D eigenvalue weighted by atomic mass is 35.5. The van der Waals surface area contributed by atoms with Gasteiger partial charge in [0.2, 0.25) is 0 Å². The van der Waals surface area contributed by atoms with E-state index in [9.17, 15) is 14.9 Å². The highest BCUT2D eigenvalue weighted by molar-refractivity contribution is 6.31. The van der Waals surface area contributed by atoms with E-state index in [2.05, 4.69) is 25.1 Å². The summed E-state index contributed by atoms with van der Waals surface area (Å²) in [6.07, 6.45) is 4.49. The summed E-state index contributed by atoms with van der Waals surface area (Å²) in [5, 5.41) is 15.1. The summed E-state index contributed by atoms with van der Waals surface area (Å²) < 4.78 is 18.3. The molecule has 0 spiro atoms. The third-order valence-electron chi connectivity index (χ3n) is 9.16. The van der Waals surface area contributed by atoms with Gasteiger partial charge in [-0.3, -0.25) is 10.1 Å². The number of hydrogen-bond donors (Lipinski definition) is 1. The Morgan fingerprint density at radius 2 is 1.94 bits per heavy atom. The lowest BCUT2D eigenvalue weighted by Gasteiger charge is -2.37. The number of hydrogen-bond acceptors (Lipinski definition) is 10. The number of rotatable bonds is 9. The van der Waals surface area contributed by atoms with Crippen LogP contribution in [-0.4, -0.2) is 77.6 Å². The Bertz CT molecular complexity index is 1790. The fraction of sp³-hybridized carbons (Fsp3) is 0.424. The molecule has 4 aromatic rings. The number of pyridine rings is 1. The van der Waals surface area contributed by atoms with Crippen molar-refractivity contribution < 1.29 is 23.9 Å². The van der Waals surface area contributed by atoms with Gasteiger partial charge in [0.05, 0.1) is 49.7 Å². The summed E-state index contributed by atoms with van der Waals surface area (Å²) in [7, 11) is 1.65. The van der Waals surface area contributed by atoms with Crippen molar-refractivity contribution in [3.8, 4) is 5.75 Å². The van der Waals surface area contributed by atoms with E-state index in [1.54, 1.807) is 19.2 Å². The topological polar surface area (TPSA) is 137 Å². The van der Waals surface area contributed by atoms with Crippen LogP contribution in [0.3, 0.4) is 0 Å². The largest absolute Gasteiger partial charge is 0.497 e. The minimum atomic E-state index is -0.384. The number of morpholine rings is 1. The van der Waals surface area contributed by atoms with Crippen molar-refractivity contribution in [1.29, 1.82) is 0 Å². The average molecular weight is 662 g/mol. The summed E-state index contributed by atoms with van der Waals surface area (Å²) in [5.74, 6) is 0.799. The number of nitrogens with one attached hydrogen (secondary N) is 1. The van der Waals surface area contributed by atoms with Gasteiger partial charge in [0.1, 0.15) is 22.7 Å². The van der Waals surface area contributed by atoms with Gasteiger partial charge in [0.15, 0.2) is 5.65 Å². The van der Waals surface area contributed by atoms with Crippen LogP contribution in [0.15, 0.2) is 48.8 Å². The Morgan fingerprint density at radius 1 is 1.13 bits per heavy atom. The fourth-order valence-corrected chi connectivity index (χ4v) is 6.77. The molecule has 13 nitrogen and oxygen atoms in total. The van der Waals surface area contributed by atoms with Gasteiger partial charge in [-0.05, 0) is 55.0 Å². The maximum atomic E-state index is 13.6. The summed E-state index contributed by atoms with van der Waals surface area (Å²) in [5.41, 5.74) is 5.52. The maximum Gasteiger partial charge on any atom is 0.328 e. The zero-order chi connectivity index (χ0) is 32.5. The van der Waals surface area contributed by atoms with E-state index in [1.165, 1.54) is 10.9 Å². The van der Waals surface area contributed by atoms with Gasteiger partial charge >= 0.3 is 6.03 Å². The number of benzene rings is 2. The molecule has 2 fully saturated rings. The molecule has 1 saturated carbocycles. The number of non-ortho nitro benzene ring substituents is 1. The van der Waals surface area contributed by atoms with Crippen molar-refractivity contribution in [2.24, 2.45) is 0 Å². The van der Waals surface area contributed by atoms with Gasteiger partial charge in [-0.2, -0.15) is 0 Å². The molecule has 2 aromatic heterocycles. The number of aromatic nitrogens is 3. The molecule has 1 saturated heterocycles. The number of methoxy groups -OCH3 is 1. The van der Waals surface area contributed by atoms with Gasteiger partial charge in [-0.25, -0.2) is 19.3 Å². The smallest absolute Gasteiger partial charge is 0.328 e. The van der Waals surface area contributed by atoms with Crippen LogP contribution in [-0.2, 0) is 29.0 Å². The summed E-state index contributed by atoms with van der Waals surface area (Å²) >= 11 is 6.72. The van der Waals surface area contributed by atoms with E-state index in [4.69, 9.17) is 25.8 Å². The van der Waals surface area contributed by atoms with E-state index >= 15 is 0 Å². The van der Waals surface area contributed by atoms with Gasteiger partial charge in [0, 0.05) is 49.6 Å². The van der Waals surface area contributed by atoms with Crippen molar-refractivity contribution in [2.75, 3.05) is 49.8 Å². The molecule has 1 amide bonds. The molecule has 1 N–H and O–H groups in total. The van der Waals surface area contributed by atoms with E-state index in [0.29, 0.717) is 54.7 Å². The molecule has 1 aliphatic carbocycles. The first kappa shape index (κ1) is 31.2. The second kappa shape index (κ2) is 13.3. The molecule has 246 valence electrons. The quantitative estimate of drug-likeness (QED) is 0.147. The first-order valence-corrected chi connectivity index (χ1v) is 16.2. The second-order valence-corrected chi connectivity index (χ2v) is 12.4. The Hall–Kier alpha value is -4.46. The summed E-state index contributed by atoms with van der Waals surface area (Å²) in [6, 6.07) is 12.4. The summed E-state index contributed by atoms with van der Waals surface area (Å²) in [4.78, 5) is 38.4. The molecule has 7 rings (SSSR count). The number of halogens is 1. The minimum absolute atomic E-state index is 0.0222. The lowest BCUT2D eigenvalue weighted by molar-refractivity contribution is -0.384. The Kier molecular flexibility index (Phi) is 8.84. The molecular formula is C33H36ClN7O6. The van der Waals surface area contributed by atoms with Crippen LogP contribution >= 0.6 is 11.6 Å². The SMILES string of the molecule is COc1ccc(CN2CCCc3c(Cl)nc4c(ncn4C(=O)N[C@@H]4CC[C@H]4OCc4cc(N5CCOCC5)cc([N+](=O)[O-])c4)c32)cc1. The molecule has 0 unspecified atom stereocenters. The molecular weight excluding hydrogens is 626 g/mol. The molecule has 2 atom stereocenters. The van der Waals surface area contributed by atoms with Gasteiger partial charge in [0.25, 0.3) is 5.69 Å². The number of imidazole rings is 1. The predicted octanol–water partition coefficient (Wildman–Crippen LogP) is 5.10. The zero-order valence-corrected chi connectivity index (χ0v) is 26.8. The van der Waals surface area contributed by atoms with Crippen LogP contribution in [0.25, 0.3) is 11.2 Å². The number of ether oxygens (including phenoxy) is 3. The van der Waals surface area contributed by atoms with Crippen LogP contribution in [0.1, 0.15) is 36.0 Å². The lowest BCUT2D eigenvalue weighted by atomic mass is 9.89. The van der Waals surface area contributed by atoms with Crippen molar-refractivity contribution in [3.05, 3.63) is 80.7 Å². The molecule has 3 aliphatic rings. The van der Waals surface area contributed by atoms with Crippen LogP contribution < -0.4 is 19.9 Å². The van der Waals surface area contributed by atoms with Gasteiger partial charge in [-0.1, -0.05) is 23.7 Å². The van der Waals surface area contributed by atoms with E-state index in [1.807, 2.05) is 30.3 Å². The van der Waals surface area contributed by atoms with E-state index < -0.39 is 0 Å². The van der Waals surface area contributed by atoms with Crippen LogP contribution in [0.4, 0.5) is 21.9 Å². The fourth-order valence-electron chi connectivity index (χ4n) is 6.51. The third-order valence-corrected chi connectivity index (χ3v) is 9.47. The number of fused-ring (bicyclic) bond motifs is 3. The molecule has 47 heavy (non-hydrogen) atoms. The first-order valence-electron chi connectivity index (χ1n) is 15.8.